The summed E-state index contributed by atoms with van der Waals surface area (Å²) in [6.45, 7) is 3.76. The van der Waals surface area contributed by atoms with Crippen LogP contribution in [0.25, 0.3) is 0 Å². The zero-order valence-electron chi connectivity index (χ0n) is 19.7. The molecule has 1 fully saturated rings. The molecule has 2 aromatic rings. The van der Waals surface area contributed by atoms with Crippen molar-refractivity contribution in [3.63, 3.8) is 0 Å². The van der Waals surface area contributed by atoms with Gasteiger partial charge in [-0.1, -0.05) is 17.3 Å². The number of carbonyl (C=O) groups is 2. The van der Waals surface area contributed by atoms with Crippen LogP contribution in [0.15, 0.2) is 51.1 Å². The lowest BCUT2D eigenvalue weighted by atomic mass is 9.82. The fraction of sp³-hybridized carbons (Fsp3) is 0.417. The molecule has 8 nitrogen and oxygen atoms in total. The molecule has 2 aliphatic heterocycles. The minimum atomic E-state index is -3.06. The number of amidine groups is 1. The SMILES string of the molecule is COC(=O)C1=C(CN2CC(F)(F)C[C@H]2C(C)=O)NC(c2cc(C)on2)=NC1(C)c1ccc(F)cc1. The Labute approximate surface area is 199 Å². The first-order valence-electron chi connectivity index (χ1n) is 10.9. The fourth-order valence-electron chi connectivity index (χ4n) is 4.59. The average molecular weight is 490 g/mol. The third-order valence-electron chi connectivity index (χ3n) is 6.26. The molecule has 1 unspecified atom stereocenters. The maximum atomic E-state index is 14.3. The number of aryl methyl sites for hydroxylation is 1. The van der Waals surface area contributed by atoms with Crippen molar-refractivity contribution in [2.75, 3.05) is 20.2 Å². The van der Waals surface area contributed by atoms with Crippen molar-refractivity contribution >= 4 is 17.6 Å². The molecule has 2 aliphatic rings. The lowest BCUT2D eigenvalue weighted by molar-refractivity contribution is -0.137. The van der Waals surface area contributed by atoms with E-state index >= 15 is 0 Å². The van der Waals surface area contributed by atoms with E-state index in [4.69, 9.17) is 14.3 Å². The number of carbonyl (C=O) groups excluding carboxylic acids is 2. The molecule has 4 rings (SSSR count). The Hall–Kier alpha value is -3.47. The Kier molecular flexibility index (Phi) is 6.31. The molecule has 1 N–H and O–H groups in total. The summed E-state index contributed by atoms with van der Waals surface area (Å²) < 4.78 is 52.5. The summed E-state index contributed by atoms with van der Waals surface area (Å²) in [6, 6.07) is 6.04. The monoisotopic (exact) mass is 490 g/mol. The van der Waals surface area contributed by atoms with Crippen molar-refractivity contribution in [1.82, 2.24) is 15.4 Å². The maximum absolute atomic E-state index is 14.3. The number of hydrogen-bond acceptors (Lipinski definition) is 8. The highest BCUT2D eigenvalue weighted by molar-refractivity contribution is 6.03. The van der Waals surface area contributed by atoms with Crippen LogP contribution >= 0.6 is 0 Å². The van der Waals surface area contributed by atoms with Crippen molar-refractivity contribution in [2.45, 2.75) is 44.7 Å². The van der Waals surface area contributed by atoms with Gasteiger partial charge in [0.2, 0.25) is 0 Å². The van der Waals surface area contributed by atoms with Crippen molar-refractivity contribution in [2.24, 2.45) is 4.99 Å². The van der Waals surface area contributed by atoms with Gasteiger partial charge in [0.05, 0.1) is 25.3 Å². The quantitative estimate of drug-likeness (QED) is 0.622. The van der Waals surface area contributed by atoms with E-state index in [9.17, 15) is 22.8 Å². The van der Waals surface area contributed by atoms with E-state index in [-0.39, 0.29) is 23.7 Å². The number of hydrogen-bond donors (Lipinski definition) is 1. The van der Waals surface area contributed by atoms with E-state index in [1.807, 2.05) is 0 Å². The van der Waals surface area contributed by atoms with E-state index in [1.165, 1.54) is 43.2 Å². The highest BCUT2D eigenvalue weighted by Crippen LogP contribution is 2.40. The summed E-state index contributed by atoms with van der Waals surface area (Å²) in [6.07, 6.45) is -0.609. The molecule has 0 radical (unpaired) electrons. The second-order valence-corrected chi connectivity index (χ2v) is 8.92. The Morgan fingerprint density at radius 2 is 1.97 bits per heavy atom. The number of benzene rings is 1. The smallest absolute Gasteiger partial charge is 0.338 e. The zero-order chi connectivity index (χ0) is 25.5. The minimum Gasteiger partial charge on any atom is -0.466 e. The van der Waals surface area contributed by atoms with Crippen LogP contribution in [0.2, 0.25) is 0 Å². The summed E-state index contributed by atoms with van der Waals surface area (Å²) in [5.74, 6) is -3.95. The van der Waals surface area contributed by atoms with Gasteiger partial charge in [0.15, 0.2) is 5.84 Å². The van der Waals surface area contributed by atoms with Crippen molar-refractivity contribution < 1.29 is 32.0 Å². The molecule has 186 valence electrons. The van der Waals surface area contributed by atoms with Crippen LogP contribution in [0.1, 0.15) is 37.3 Å². The van der Waals surface area contributed by atoms with E-state index in [0.717, 1.165) is 0 Å². The average Bonchev–Trinajstić information content (AvgIpc) is 3.35. The predicted octanol–water partition coefficient (Wildman–Crippen LogP) is 3.11. The topological polar surface area (TPSA) is 97.0 Å². The molecule has 2 atom stereocenters. The van der Waals surface area contributed by atoms with Gasteiger partial charge in [0.25, 0.3) is 5.92 Å². The first-order chi connectivity index (χ1) is 16.4. The van der Waals surface area contributed by atoms with E-state index in [2.05, 4.69) is 10.5 Å². The number of aromatic nitrogens is 1. The van der Waals surface area contributed by atoms with Gasteiger partial charge < -0.3 is 14.6 Å². The van der Waals surface area contributed by atoms with Gasteiger partial charge in [-0.3, -0.25) is 9.69 Å². The van der Waals surface area contributed by atoms with Gasteiger partial charge in [0.1, 0.15) is 28.6 Å². The number of ether oxygens (including phenoxy) is 1. The lowest BCUT2D eigenvalue weighted by Crippen LogP contribution is -2.46. The molecule has 1 aromatic carbocycles. The Morgan fingerprint density at radius 1 is 1.29 bits per heavy atom. The van der Waals surface area contributed by atoms with Crippen LogP contribution in [0.5, 0.6) is 0 Å². The molecular weight excluding hydrogens is 465 g/mol. The zero-order valence-corrected chi connectivity index (χ0v) is 19.7. The normalized spacial score (nSPS) is 24.2. The standard InChI is InChI=1S/C24H25F3N4O4/c1-13-9-17(30-35-13)21-28-18(11-31-12-24(26,27)10-19(31)14(2)32)20(22(33)34-4)23(3,29-21)15-5-7-16(25)8-6-15/h5-9,19H,10-12H2,1-4H3,(H,28,29)/t19-,23?/m0/s1. The number of Topliss-reactive ketones (excluding diaryl/α,β-unsaturated/α-hetero) is 1. The number of methoxy groups -OCH3 is 1. The van der Waals surface area contributed by atoms with Crippen molar-refractivity contribution in [3.05, 3.63) is 64.4 Å². The first-order valence-corrected chi connectivity index (χ1v) is 10.9. The number of halogens is 3. The molecule has 1 saturated heterocycles. The van der Waals surface area contributed by atoms with Crippen LogP contribution in [0, 0.1) is 12.7 Å². The third-order valence-corrected chi connectivity index (χ3v) is 6.26. The number of ketones is 1. The molecule has 11 heteroatoms. The Balaban J connectivity index is 1.87. The Bertz CT molecular complexity index is 1220. The number of aliphatic imine (C=N–C) groups is 1. The molecule has 35 heavy (non-hydrogen) atoms. The third kappa shape index (κ3) is 4.72. The number of alkyl halides is 2. The predicted molar refractivity (Wildman–Crippen MR) is 119 cm³/mol. The van der Waals surface area contributed by atoms with Gasteiger partial charge >= 0.3 is 5.97 Å². The van der Waals surface area contributed by atoms with Gasteiger partial charge in [-0.05, 0) is 38.5 Å². The summed E-state index contributed by atoms with van der Waals surface area (Å²) >= 11 is 0. The van der Waals surface area contributed by atoms with E-state index < -0.39 is 48.0 Å². The van der Waals surface area contributed by atoms with Crippen LogP contribution in [0.3, 0.4) is 0 Å². The Morgan fingerprint density at radius 3 is 2.54 bits per heavy atom. The number of nitrogens with zero attached hydrogens (tertiary/aromatic N) is 3. The second kappa shape index (κ2) is 8.95. The molecule has 0 spiro atoms. The number of likely N-dealkylation sites (tertiary alicyclic amines) is 1. The van der Waals surface area contributed by atoms with Gasteiger partial charge in [-0.2, -0.15) is 0 Å². The van der Waals surface area contributed by atoms with Crippen LogP contribution in [-0.4, -0.2) is 59.8 Å². The molecule has 3 heterocycles. The van der Waals surface area contributed by atoms with Crippen molar-refractivity contribution in [1.29, 1.82) is 0 Å². The highest BCUT2D eigenvalue weighted by atomic mass is 19.3. The number of esters is 1. The van der Waals surface area contributed by atoms with Crippen LogP contribution in [-0.2, 0) is 19.9 Å². The second-order valence-electron chi connectivity index (χ2n) is 8.92. The van der Waals surface area contributed by atoms with Crippen LogP contribution < -0.4 is 5.32 Å². The van der Waals surface area contributed by atoms with Gasteiger partial charge in [-0.25, -0.2) is 23.0 Å². The van der Waals surface area contributed by atoms with Crippen LogP contribution in [0.4, 0.5) is 13.2 Å². The molecule has 1 aromatic heterocycles. The van der Waals surface area contributed by atoms with E-state index in [1.54, 1.807) is 19.9 Å². The highest BCUT2D eigenvalue weighted by Gasteiger charge is 2.49. The molecule has 0 saturated carbocycles. The maximum Gasteiger partial charge on any atom is 0.338 e. The first kappa shape index (κ1) is 24.6. The van der Waals surface area contributed by atoms with Crippen molar-refractivity contribution in [3.8, 4) is 0 Å². The minimum absolute atomic E-state index is 0.0492. The summed E-state index contributed by atoms with van der Waals surface area (Å²) in [5, 5.41) is 7.01. The lowest BCUT2D eigenvalue weighted by Gasteiger charge is -2.36. The molecule has 0 bridgehead atoms. The number of nitrogens with one attached hydrogen (secondary N) is 1. The van der Waals surface area contributed by atoms with Gasteiger partial charge in [-0.15, -0.1) is 0 Å². The summed E-state index contributed by atoms with van der Waals surface area (Å²) in [4.78, 5) is 31.3. The molecule has 0 aliphatic carbocycles. The van der Waals surface area contributed by atoms with Gasteiger partial charge in [0, 0.05) is 24.7 Å². The summed E-state index contributed by atoms with van der Waals surface area (Å²) in [5.41, 5.74) is -0.332. The largest absolute Gasteiger partial charge is 0.466 e. The number of rotatable bonds is 6. The molecule has 0 amide bonds. The molecular formula is C24H25F3N4O4. The summed E-state index contributed by atoms with van der Waals surface area (Å²) in [7, 11) is 1.20. The fourth-order valence-corrected chi connectivity index (χ4v) is 4.59. The van der Waals surface area contributed by atoms with E-state index in [0.29, 0.717) is 17.0 Å².